The number of rotatable bonds is 15. The molecule has 10 nitrogen and oxygen atoms in total. The molecule has 6 rings (SSSR count). The highest BCUT2D eigenvalue weighted by molar-refractivity contribution is 6.35. The van der Waals surface area contributed by atoms with Crippen molar-refractivity contribution in [2.75, 3.05) is 26.3 Å². The minimum absolute atomic E-state index is 0.0493. The number of carbonyl (C=O) groups excluding carboxylic acids is 1. The number of benzene rings is 3. The van der Waals surface area contributed by atoms with Crippen molar-refractivity contribution < 1.29 is 14.3 Å². The number of piperidine rings is 1. The van der Waals surface area contributed by atoms with E-state index in [0.29, 0.717) is 35.0 Å². The van der Waals surface area contributed by atoms with Gasteiger partial charge in [-0.25, -0.2) is 9.78 Å². The molecule has 0 aliphatic carbocycles. The molecule has 262 valence electrons. The van der Waals surface area contributed by atoms with Crippen molar-refractivity contribution in [3.05, 3.63) is 107 Å². The van der Waals surface area contributed by atoms with Crippen molar-refractivity contribution >= 4 is 17.6 Å². The molecule has 0 bridgehead atoms. The summed E-state index contributed by atoms with van der Waals surface area (Å²) in [5.41, 5.74) is 4.95. The van der Waals surface area contributed by atoms with E-state index in [1.54, 1.807) is 17.2 Å². The van der Waals surface area contributed by atoms with Crippen LogP contribution < -0.4 is 0 Å². The molecular weight excluding hydrogens is 650 g/mol. The third-order valence-corrected chi connectivity index (χ3v) is 10.1. The summed E-state index contributed by atoms with van der Waals surface area (Å²) in [6, 6.07) is 21.9. The van der Waals surface area contributed by atoms with Gasteiger partial charge in [0.05, 0.1) is 22.3 Å². The Morgan fingerprint density at radius 2 is 1.80 bits per heavy atom. The Labute approximate surface area is 299 Å². The van der Waals surface area contributed by atoms with Gasteiger partial charge in [-0.15, -0.1) is 5.10 Å². The molecule has 3 aromatic carbocycles. The first-order valence-electron chi connectivity index (χ1n) is 17.7. The second-order valence-electron chi connectivity index (χ2n) is 13.0. The molecule has 0 amide bonds. The van der Waals surface area contributed by atoms with Gasteiger partial charge in [0.25, 0.3) is 0 Å². The van der Waals surface area contributed by atoms with Crippen LogP contribution in [0.2, 0.25) is 5.02 Å². The number of hydrogen-bond acceptors (Lipinski definition) is 8. The minimum atomic E-state index is -0.846. The molecule has 1 N–H and O–H groups in total. The van der Waals surface area contributed by atoms with E-state index >= 15 is 0 Å². The zero-order chi connectivity index (χ0) is 34.9. The number of ether oxygens (including phenoxy) is 2. The average molecular weight is 696 g/mol. The Bertz CT molecular complexity index is 1820. The van der Waals surface area contributed by atoms with Crippen LogP contribution in [-0.4, -0.2) is 67.3 Å². The normalized spacial score (nSPS) is 15.4. The number of hydrogen-bond donors (Lipinski definition) is 1. The first kappa shape index (κ1) is 35.4. The van der Waals surface area contributed by atoms with E-state index in [9.17, 15) is 4.79 Å². The Morgan fingerprint density at radius 3 is 2.50 bits per heavy atom. The summed E-state index contributed by atoms with van der Waals surface area (Å²) in [6.45, 7) is 9.65. The number of H-pyrrole nitrogens is 1. The fourth-order valence-electron chi connectivity index (χ4n) is 6.97. The number of tetrazole rings is 1. The fraction of sp³-hybridized carbons (Fsp3) is 0.410. The predicted octanol–water partition coefficient (Wildman–Crippen LogP) is 8.26. The third-order valence-electron chi connectivity index (χ3n) is 9.68. The first-order chi connectivity index (χ1) is 24.4. The quantitative estimate of drug-likeness (QED) is 0.109. The summed E-state index contributed by atoms with van der Waals surface area (Å²) in [5.74, 6) is 0.0916. The number of aromatic amines is 1. The monoisotopic (exact) mass is 695 g/mol. The van der Waals surface area contributed by atoms with Crippen LogP contribution in [0, 0.1) is 0 Å². The summed E-state index contributed by atoms with van der Waals surface area (Å²) in [7, 11) is 0. The van der Waals surface area contributed by atoms with Gasteiger partial charge in [0.15, 0.2) is 12.1 Å². The predicted molar refractivity (Wildman–Crippen MR) is 195 cm³/mol. The molecule has 2 aromatic heterocycles. The number of halogens is 1. The number of aromatic nitrogens is 6. The van der Waals surface area contributed by atoms with E-state index in [-0.39, 0.29) is 12.6 Å². The summed E-state index contributed by atoms with van der Waals surface area (Å²) >= 11 is 7.59. The van der Waals surface area contributed by atoms with E-state index in [1.807, 2.05) is 74.5 Å². The Kier molecular flexibility index (Phi) is 11.7. The highest BCUT2D eigenvalue weighted by atomic mass is 35.5. The Morgan fingerprint density at radius 1 is 1.02 bits per heavy atom. The first-order valence-corrected chi connectivity index (χ1v) is 18.1. The fourth-order valence-corrected chi connectivity index (χ4v) is 7.40. The Hall–Kier alpha value is -4.38. The number of nitrogens with zero attached hydrogens (tertiary/aromatic N) is 6. The lowest BCUT2D eigenvalue weighted by Crippen LogP contribution is -2.35. The van der Waals surface area contributed by atoms with Gasteiger partial charge in [-0.1, -0.05) is 92.4 Å². The van der Waals surface area contributed by atoms with Crippen LogP contribution in [0.1, 0.15) is 92.7 Å². The summed E-state index contributed by atoms with van der Waals surface area (Å²) in [6.07, 6.45) is 9.23. The molecule has 5 aromatic rings. The molecule has 0 radical (unpaired) electrons. The minimum Gasteiger partial charge on any atom is -0.461 e. The van der Waals surface area contributed by atoms with E-state index in [2.05, 4.69) is 43.4 Å². The van der Waals surface area contributed by atoms with Gasteiger partial charge in [0.1, 0.15) is 6.61 Å². The largest absolute Gasteiger partial charge is 0.461 e. The molecule has 3 heterocycles. The number of unbranched alkanes of at least 4 members (excludes halogenated alkanes) is 1. The van der Waals surface area contributed by atoms with Crippen LogP contribution in [0.15, 0.2) is 79.3 Å². The molecule has 2 atom stereocenters. The van der Waals surface area contributed by atoms with Crippen LogP contribution in [0.5, 0.6) is 0 Å². The van der Waals surface area contributed by atoms with Gasteiger partial charge in [0, 0.05) is 30.6 Å². The highest BCUT2D eigenvalue weighted by Crippen LogP contribution is 2.47. The molecule has 1 fully saturated rings. The number of imidazole rings is 1. The van der Waals surface area contributed by atoms with Gasteiger partial charge < -0.3 is 14.5 Å². The van der Waals surface area contributed by atoms with Gasteiger partial charge in [0.2, 0.25) is 0 Å². The van der Waals surface area contributed by atoms with Crippen LogP contribution >= 0.6 is 11.6 Å². The van der Waals surface area contributed by atoms with Gasteiger partial charge >= 0.3 is 5.97 Å². The number of carbonyl (C=O) groups is 1. The highest BCUT2D eigenvalue weighted by Gasteiger charge is 2.40. The van der Waals surface area contributed by atoms with E-state index < -0.39 is 11.6 Å². The lowest BCUT2D eigenvalue weighted by atomic mass is 9.73. The summed E-state index contributed by atoms with van der Waals surface area (Å²) in [5, 5.41) is 13.3. The zero-order valence-corrected chi connectivity index (χ0v) is 29.9. The van der Waals surface area contributed by atoms with Gasteiger partial charge in [-0.3, -0.25) is 4.90 Å². The zero-order valence-electron chi connectivity index (χ0n) is 29.1. The SMILES string of the molecule is CCCCC(COC(=O)c1ccc(CN2CCCCC2)cc1)(c1cnc[nH]1)c1ccc(-c2ccccc2)c(-c2nnnn2C(C)OCC)c1Cl. The van der Waals surface area contributed by atoms with Crippen LogP contribution in [0.25, 0.3) is 22.5 Å². The standard InChI is InChI=1S/C39H46ClN7O3/c1-4-6-21-39(34-24-41-27-42-34,26-50-38(48)31-17-15-29(16-18-31)25-46-22-11-8-12-23-46)33-20-19-32(30-13-9-7-10-14-30)35(36(33)40)37-43-44-45-47(37)28(3)49-5-2/h7,9-10,13-20,24,27-28H,4-6,8,11-12,21-23,25-26H2,1-3H3,(H,41,42). The maximum atomic E-state index is 13.7. The molecule has 1 aliphatic rings. The van der Waals surface area contributed by atoms with E-state index in [1.165, 1.54) is 24.8 Å². The summed E-state index contributed by atoms with van der Waals surface area (Å²) in [4.78, 5) is 23.9. The van der Waals surface area contributed by atoms with Crippen molar-refractivity contribution in [2.24, 2.45) is 0 Å². The third kappa shape index (κ3) is 7.67. The second-order valence-corrected chi connectivity index (χ2v) is 13.4. The Balaban J connectivity index is 1.40. The average Bonchev–Trinajstić information content (AvgIpc) is 3.87. The molecule has 2 unspecified atom stereocenters. The van der Waals surface area contributed by atoms with Crippen molar-refractivity contribution in [2.45, 2.75) is 77.5 Å². The van der Waals surface area contributed by atoms with Crippen LogP contribution in [-0.2, 0) is 21.4 Å². The molecule has 0 spiro atoms. The van der Waals surface area contributed by atoms with Gasteiger partial charge in [-0.2, -0.15) is 4.68 Å². The van der Waals surface area contributed by atoms with Crippen LogP contribution in [0.3, 0.4) is 0 Å². The second kappa shape index (κ2) is 16.6. The maximum absolute atomic E-state index is 13.7. The summed E-state index contributed by atoms with van der Waals surface area (Å²) < 4.78 is 13.8. The van der Waals surface area contributed by atoms with E-state index in [0.717, 1.165) is 54.9 Å². The topological polar surface area (TPSA) is 111 Å². The molecule has 1 saturated heterocycles. The van der Waals surface area contributed by atoms with E-state index in [4.69, 9.17) is 21.1 Å². The number of likely N-dealkylation sites (tertiary alicyclic amines) is 1. The van der Waals surface area contributed by atoms with Gasteiger partial charge in [-0.05, 0) is 91.0 Å². The smallest absolute Gasteiger partial charge is 0.338 e. The molecule has 1 aliphatic heterocycles. The molecule has 11 heteroatoms. The molecule has 0 saturated carbocycles. The number of nitrogens with one attached hydrogen (secondary N) is 1. The lowest BCUT2D eigenvalue weighted by Gasteiger charge is -2.34. The number of esters is 1. The molecule has 50 heavy (non-hydrogen) atoms. The lowest BCUT2D eigenvalue weighted by molar-refractivity contribution is 0.0159. The van der Waals surface area contributed by atoms with Crippen molar-refractivity contribution in [1.82, 2.24) is 35.1 Å². The van der Waals surface area contributed by atoms with Crippen molar-refractivity contribution in [3.8, 4) is 22.5 Å². The van der Waals surface area contributed by atoms with Crippen molar-refractivity contribution in [1.29, 1.82) is 0 Å². The maximum Gasteiger partial charge on any atom is 0.338 e. The van der Waals surface area contributed by atoms with Crippen molar-refractivity contribution in [3.63, 3.8) is 0 Å². The van der Waals surface area contributed by atoms with Crippen LogP contribution in [0.4, 0.5) is 0 Å². The molecular formula is C39H46ClN7O3.